The minimum absolute atomic E-state index is 0.0293. The minimum Gasteiger partial charge on any atom is -0.434 e. The van der Waals surface area contributed by atoms with E-state index in [9.17, 15) is 22.8 Å². The summed E-state index contributed by atoms with van der Waals surface area (Å²) in [6.07, 6.45) is 4.52. The fourth-order valence-electron chi connectivity index (χ4n) is 4.95. The van der Waals surface area contributed by atoms with Gasteiger partial charge in [-0.05, 0) is 77.8 Å². The molecule has 0 fully saturated rings. The highest BCUT2D eigenvalue weighted by Crippen LogP contribution is 2.32. The smallest absolute Gasteiger partial charge is 0.434 e. The van der Waals surface area contributed by atoms with Crippen LogP contribution in [0, 0.1) is 5.92 Å². The third kappa shape index (κ3) is 10.5. The molecule has 3 aromatic carbocycles. The SMILES string of the molecule is CCCCCCCCCc1ccc(-c2ccc3cc(C(=O)OC(=O)OCCC[C@@H](CC)C(F)(F)F)ccc3c2)cc1. The highest BCUT2D eigenvalue weighted by molar-refractivity contribution is 5.99. The number of fused-ring (bicyclic) bond motifs is 1. The van der Waals surface area contributed by atoms with Crippen LogP contribution >= 0.6 is 0 Å². The summed E-state index contributed by atoms with van der Waals surface area (Å²) in [4.78, 5) is 24.3. The summed E-state index contributed by atoms with van der Waals surface area (Å²) in [6, 6.07) is 19.6. The molecule has 0 N–H and O–H groups in total. The van der Waals surface area contributed by atoms with Crippen LogP contribution in [0.4, 0.5) is 18.0 Å². The molecular weight excluding hydrogens is 529 g/mol. The van der Waals surface area contributed by atoms with Crippen molar-refractivity contribution in [3.05, 3.63) is 71.8 Å². The second kappa shape index (κ2) is 16.2. The Kier molecular flexibility index (Phi) is 12.7. The van der Waals surface area contributed by atoms with E-state index in [2.05, 4.69) is 37.3 Å². The molecule has 222 valence electrons. The van der Waals surface area contributed by atoms with Crippen molar-refractivity contribution in [2.75, 3.05) is 6.61 Å². The summed E-state index contributed by atoms with van der Waals surface area (Å²) in [5.41, 5.74) is 3.70. The number of halogens is 3. The van der Waals surface area contributed by atoms with Crippen LogP contribution in [0.1, 0.15) is 94.0 Å². The van der Waals surface area contributed by atoms with Crippen LogP contribution in [0.3, 0.4) is 0 Å². The molecule has 0 radical (unpaired) electrons. The van der Waals surface area contributed by atoms with E-state index in [1.165, 1.54) is 57.4 Å². The molecule has 4 nitrogen and oxygen atoms in total. The van der Waals surface area contributed by atoms with Crippen molar-refractivity contribution in [2.24, 2.45) is 5.92 Å². The molecule has 0 aliphatic heterocycles. The first kappa shape index (κ1) is 32.2. The van der Waals surface area contributed by atoms with Gasteiger partial charge in [-0.2, -0.15) is 13.2 Å². The van der Waals surface area contributed by atoms with Crippen LogP contribution in [0.15, 0.2) is 60.7 Å². The van der Waals surface area contributed by atoms with Gasteiger partial charge in [-0.3, -0.25) is 0 Å². The molecule has 0 saturated carbocycles. The van der Waals surface area contributed by atoms with Crippen LogP contribution < -0.4 is 0 Å². The number of aryl methyl sites for hydroxylation is 1. The number of carbonyl (C=O) groups excluding carboxylic acids is 2. The lowest BCUT2D eigenvalue weighted by Crippen LogP contribution is -2.23. The number of esters is 1. The number of hydrogen-bond donors (Lipinski definition) is 0. The number of alkyl halides is 3. The molecule has 0 heterocycles. The van der Waals surface area contributed by atoms with Crippen LogP contribution in [0.25, 0.3) is 21.9 Å². The van der Waals surface area contributed by atoms with Gasteiger partial charge in [0.25, 0.3) is 0 Å². The van der Waals surface area contributed by atoms with Crippen molar-refractivity contribution in [3.8, 4) is 11.1 Å². The van der Waals surface area contributed by atoms with E-state index in [-0.39, 0.29) is 31.4 Å². The fourth-order valence-corrected chi connectivity index (χ4v) is 4.95. The lowest BCUT2D eigenvalue weighted by Gasteiger charge is -2.18. The second-order valence-electron chi connectivity index (χ2n) is 10.6. The van der Waals surface area contributed by atoms with Crippen molar-refractivity contribution in [1.29, 1.82) is 0 Å². The Bertz CT molecular complexity index is 1250. The Balaban J connectivity index is 1.49. The lowest BCUT2D eigenvalue weighted by molar-refractivity contribution is -0.177. The fraction of sp³-hybridized carbons (Fsp3) is 0.471. The van der Waals surface area contributed by atoms with Crippen molar-refractivity contribution >= 4 is 22.9 Å². The topological polar surface area (TPSA) is 52.6 Å². The van der Waals surface area contributed by atoms with Crippen molar-refractivity contribution in [1.82, 2.24) is 0 Å². The Morgan fingerprint density at radius 2 is 1.39 bits per heavy atom. The molecule has 3 rings (SSSR count). The van der Waals surface area contributed by atoms with Gasteiger partial charge in [0.15, 0.2) is 0 Å². The van der Waals surface area contributed by atoms with Gasteiger partial charge >= 0.3 is 18.3 Å². The first-order valence-corrected chi connectivity index (χ1v) is 14.8. The molecule has 0 bridgehead atoms. The Morgan fingerprint density at radius 3 is 2.07 bits per heavy atom. The summed E-state index contributed by atoms with van der Waals surface area (Å²) in [5.74, 6) is -2.32. The molecule has 0 spiro atoms. The van der Waals surface area contributed by atoms with Crippen LogP contribution in [-0.4, -0.2) is 24.9 Å². The molecule has 0 amide bonds. The number of benzene rings is 3. The maximum Gasteiger partial charge on any atom is 0.516 e. The predicted molar refractivity (Wildman–Crippen MR) is 157 cm³/mol. The van der Waals surface area contributed by atoms with Crippen LogP contribution in [0.2, 0.25) is 0 Å². The molecule has 0 aliphatic carbocycles. The zero-order valence-corrected chi connectivity index (χ0v) is 24.1. The van der Waals surface area contributed by atoms with E-state index in [1.807, 2.05) is 12.1 Å². The van der Waals surface area contributed by atoms with Gasteiger partial charge in [-0.25, -0.2) is 9.59 Å². The summed E-state index contributed by atoms with van der Waals surface area (Å²) >= 11 is 0. The molecular formula is C34H41F3O4. The third-order valence-corrected chi connectivity index (χ3v) is 7.48. The summed E-state index contributed by atoms with van der Waals surface area (Å²) in [7, 11) is 0. The summed E-state index contributed by atoms with van der Waals surface area (Å²) in [6.45, 7) is 3.45. The predicted octanol–water partition coefficient (Wildman–Crippen LogP) is 10.5. The molecule has 1 atom stereocenters. The third-order valence-electron chi connectivity index (χ3n) is 7.48. The molecule has 0 aromatic heterocycles. The number of unbranched alkanes of at least 4 members (excludes halogenated alkanes) is 6. The van der Waals surface area contributed by atoms with Gasteiger partial charge in [0.1, 0.15) is 0 Å². The molecule has 41 heavy (non-hydrogen) atoms. The Hall–Kier alpha value is -3.35. The van der Waals surface area contributed by atoms with E-state index < -0.39 is 24.2 Å². The van der Waals surface area contributed by atoms with Crippen molar-refractivity contribution < 1.29 is 32.2 Å². The first-order chi connectivity index (χ1) is 19.7. The van der Waals surface area contributed by atoms with E-state index in [4.69, 9.17) is 9.47 Å². The Morgan fingerprint density at radius 1 is 0.756 bits per heavy atom. The summed E-state index contributed by atoms with van der Waals surface area (Å²) in [5, 5.41) is 1.74. The van der Waals surface area contributed by atoms with Gasteiger partial charge in [-0.1, -0.05) is 94.8 Å². The number of ether oxygens (including phenoxy) is 2. The molecule has 0 aliphatic rings. The number of hydrogen-bond acceptors (Lipinski definition) is 4. The normalized spacial score (nSPS) is 12.3. The average molecular weight is 571 g/mol. The van der Waals surface area contributed by atoms with E-state index in [0.717, 1.165) is 28.3 Å². The van der Waals surface area contributed by atoms with Crippen molar-refractivity contribution in [3.63, 3.8) is 0 Å². The molecule has 0 unspecified atom stereocenters. The van der Waals surface area contributed by atoms with Crippen LogP contribution in [-0.2, 0) is 15.9 Å². The molecule has 0 saturated heterocycles. The largest absolute Gasteiger partial charge is 0.516 e. The van der Waals surface area contributed by atoms with Gasteiger partial charge < -0.3 is 9.47 Å². The monoisotopic (exact) mass is 570 g/mol. The second-order valence-corrected chi connectivity index (χ2v) is 10.6. The Labute approximate surface area is 241 Å². The lowest BCUT2D eigenvalue weighted by atomic mass is 9.98. The van der Waals surface area contributed by atoms with Gasteiger partial charge in [0.05, 0.1) is 18.1 Å². The highest BCUT2D eigenvalue weighted by Gasteiger charge is 2.37. The van der Waals surface area contributed by atoms with Gasteiger partial charge in [0, 0.05) is 0 Å². The maximum absolute atomic E-state index is 12.8. The molecule has 3 aromatic rings. The quantitative estimate of drug-likeness (QED) is 0.104. The zero-order chi connectivity index (χ0) is 29.7. The van der Waals surface area contributed by atoms with Crippen LogP contribution in [0.5, 0.6) is 0 Å². The van der Waals surface area contributed by atoms with Crippen molar-refractivity contribution in [2.45, 2.75) is 90.7 Å². The van der Waals surface area contributed by atoms with E-state index >= 15 is 0 Å². The van der Waals surface area contributed by atoms with E-state index in [0.29, 0.717) is 0 Å². The van der Waals surface area contributed by atoms with Gasteiger partial charge in [0.2, 0.25) is 0 Å². The maximum atomic E-state index is 12.8. The number of carbonyl (C=O) groups is 2. The average Bonchev–Trinajstić information content (AvgIpc) is 2.95. The minimum atomic E-state index is -4.28. The first-order valence-electron chi connectivity index (χ1n) is 14.8. The summed E-state index contributed by atoms with van der Waals surface area (Å²) < 4.78 is 47.9. The highest BCUT2D eigenvalue weighted by atomic mass is 19.4. The van der Waals surface area contributed by atoms with Gasteiger partial charge in [-0.15, -0.1) is 0 Å². The number of rotatable bonds is 15. The standard InChI is InChI=1S/C34H41F3O4/c1-3-5-6-7-8-9-10-12-25-14-16-26(17-15-25)27-18-19-29-24-30(21-20-28(29)23-27)32(38)41-33(39)40-22-11-13-31(4-2)34(35,36)37/h14-21,23-24,31H,3-13,22H2,1-2H3/t31-/m1/s1. The van der Waals surface area contributed by atoms with E-state index in [1.54, 1.807) is 18.2 Å². The molecule has 7 heteroatoms. The zero-order valence-electron chi connectivity index (χ0n) is 24.1.